The first-order valence-corrected chi connectivity index (χ1v) is 7.56. The van der Waals surface area contributed by atoms with Crippen LogP contribution in [0.1, 0.15) is 25.5 Å². The van der Waals surface area contributed by atoms with E-state index in [1.54, 1.807) is 11.8 Å². The maximum Gasteiger partial charge on any atom is 0.223 e. The molecule has 0 bridgehead atoms. The Morgan fingerprint density at radius 3 is 3.05 bits per heavy atom. The molecule has 0 spiro atoms. The van der Waals surface area contributed by atoms with Crippen molar-refractivity contribution in [1.29, 1.82) is 0 Å². The molecule has 2 atom stereocenters. The van der Waals surface area contributed by atoms with Crippen molar-refractivity contribution in [3.8, 4) is 0 Å². The number of amides is 1. The van der Waals surface area contributed by atoms with Crippen LogP contribution in [0, 0.1) is 0 Å². The lowest BCUT2D eigenvalue weighted by molar-refractivity contribution is -0.146. The van der Waals surface area contributed by atoms with E-state index in [4.69, 9.17) is 0 Å². The number of pyridine rings is 1. The number of aromatic nitrogens is 2. The zero-order valence-electron chi connectivity index (χ0n) is 12.6. The van der Waals surface area contributed by atoms with E-state index >= 15 is 0 Å². The van der Waals surface area contributed by atoms with E-state index in [9.17, 15) is 15.0 Å². The van der Waals surface area contributed by atoms with Gasteiger partial charge in [0.1, 0.15) is 5.65 Å². The van der Waals surface area contributed by atoms with Gasteiger partial charge in [0.25, 0.3) is 0 Å². The summed E-state index contributed by atoms with van der Waals surface area (Å²) in [5.74, 6) is -0.00777. The molecule has 6 nitrogen and oxygen atoms in total. The Morgan fingerprint density at radius 1 is 1.50 bits per heavy atom. The Hall–Kier alpha value is -1.92. The summed E-state index contributed by atoms with van der Waals surface area (Å²) in [6, 6.07) is 5.79. The van der Waals surface area contributed by atoms with Gasteiger partial charge in [0, 0.05) is 31.9 Å². The molecule has 0 unspecified atom stereocenters. The number of carbonyl (C=O) groups is 1. The number of carbonyl (C=O) groups excluding carboxylic acids is 1. The number of hydrogen-bond donors (Lipinski definition) is 2. The van der Waals surface area contributed by atoms with E-state index in [-0.39, 0.29) is 12.5 Å². The number of fused-ring (bicyclic) bond motifs is 1. The van der Waals surface area contributed by atoms with Gasteiger partial charge in [0.2, 0.25) is 5.91 Å². The molecule has 3 heterocycles. The number of likely N-dealkylation sites (tertiary alicyclic amines) is 1. The molecule has 1 fully saturated rings. The molecule has 0 radical (unpaired) electrons. The smallest absolute Gasteiger partial charge is 0.223 e. The van der Waals surface area contributed by atoms with Crippen molar-refractivity contribution in [1.82, 2.24) is 14.3 Å². The number of piperidine rings is 1. The van der Waals surface area contributed by atoms with Crippen molar-refractivity contribution < 1.29 is 15.0 Å². The number of hydrogen-bond acceptors (Lipinski definition) is 4. The monoisotopic (exact) mass is 303 g/mol. The van der Waals surface area contributed by atoms with Gasteiger partial charge < -0.3 is 19.5 Å². The molecule has 0 aliphatic carbocycles. The summed E-state index contributed by atoms with van der Waals surface area (Å²) in [5, 5.41) is 19.8. The number of aryl methyl sites for hydroxylation is 1. The fourth-order valence-electron chi connectivity index (χ4n) is 2.75. The molecular formula is C16H21N3O3. The zero-order chi connectivity index (χ0) is 15.7. The van der Waals surface area contributed by atoms with Crippen molar-refractivity contribution in [2.45, 2.75) is 37.9 Å². The Kier molecular flexibility index (Phi) is 3.88. The third-order valence-corrected chi connectivity index (χ3v) is 4.36. The molecule has 22 heavy (non-hydrogen) atoms. The predicted octanol–water partition coefficient (Wildman–Crippen LogP) is 0.611. The van der Waals surface area contributed by atoms with Crippen molar-refractivity contribution in [2.24, 2.45) is 0 Å². The third-order valence-electron chi connectivity index (χ3n) is 4.36. The minimum atomic E-state index is -1.10. The van der Waals surface area contributed by atoms with Gasteiger partial charge in [-0.1, -0.05) is 6.07 Å². The molecule has 2 aromatic heterocycles. The summed E-state index contributed by atoms with van der Waals surface area (Å²) in [6.07, 6.45) is 4.30. The van der Waals surface area contributed by atoms with E-state index in [1.807, 2.05) is 35.0 Å². The van der Waals surface area contributed by atoms with E-state index in [1.165, 1.54) is 0 Å². The number of aliphatic hydroxyl groups excluding tert-OH is 1. The first kappa shape index (κ1) is 15.0. The summed E-state index contributed by atoms with van der Waals surface area (Å²) in [4.78, 5) is 18.3. The number of nitrogens with zero attached hydrogens (tertiary/aromatic N) is 3. The fourth-order valence-corrected chi connectivity index (χ4v) is 2.75. The molecule has 1 saturated heterocycles. The van der Waals surface area contributed by atoms with Gasteiger partial charge in [0.15, 0.2) is 0 Å². The highest BCUT2D eigenvalue weighted by molar-refractivity contribution is 5.76. The van der Waals surface area contributed by atoms with Crippen LogP contribution in [0.15, 0.2) is 30.6 Å². The Bertz CT molecular complexity index is 647. The molecule has 3 rings (SSSR count). The summed E-state index contributed by atoms with van der Waals surface area (Å²) < 4.78 is 1.93. The largest absolute Gasteiger partial charge is 0.388 e. The lowest BCUT2D eigenvalue weighted by Gasteiger charge is -2.39. The zero-order valence-corrected chi connectivity index (χ0v) is 12.6. The van der Waals surface area contributed by atoms with Crippen LogP contribution in [0.5, 0.6) is 0 Å². The number of imidazole rings is 1. The van der Waals surface area contributed by atoms with E-state index < -0.39 is 11.7 Å². The molecule has 1 aliphatic rings. The van der Waals surface area contributed by atoms with E-state index in [0.717, 1.165) is 11.3 Å². The van der Waals surface area contributed by atoms with Gasteiger partial charge in [-0.2, -0.15) is 0 Å². The molecular weight excluding hydrogens is 282 g/mol. The minimum absolute atomic E-state index is 0.00777. The van der Waals surface area contributed by atoms with Crippen LogP contribution in [0.3, 0.4) is 0 Å². The van der Waals surface area contributed by atoms with Crippen molar-refractivity contribution in [3.63, 3.8) is 0 Å². The maximum atomic E-state index is 12.2. The molecule has 6 heteroatoms. The van der Waals surface area contributed by atoms with Crippen molar-refractivity contribution in [3.05, 3.63) is 36.3 Å². The van der Waals surface area contributed by atoms with Gasteiger partial charge >= 0.3 is 0 Å². The lowest BCUT2D eigenvalue weighted by Crippen LogP contribution is -2.55. The molecule has 2 N–H and O–H groups in total. The van der Waals surface area contributed by atoms with E-state index in [2.05, 4.69) is 4.98 Å². The SMILES string of the molecule is C[C@]1(O)CCN(C(=O)CCc2cn3ccccc3n2)C[C@@H]1O. The second-order valence-electron chi connectivity index (χ2n) is 6.16. The summed E-state index contributed by atoms with van der Waals surface area (Å²) in [7, 11) is 0. The van der Waals surface area contributed by atoms with Crippen LogP contribution in [0.2, 0.25) is 0 Å². The average molecular weight is 303 g/mol. The summed E-state index contributed by atoms with van der Waals surface area (Å²) in [6.45, 7) is 2.28. The fraction of sp³-hybridized carbons (Fsp3) is 0.500. The number of β-amino-alcohol motifs (C(OH)–C–C–N with tert-alkyl or cyclic N) is 1. The Morgan fingerprint density at radius 2 is 2.32 bits per heavy atom. The predicted molar refractivity (Wildman–Crippen MR) is 81.3 cm³/mol. The minimum Gasteiger partial charge on any atom is -0.388 e. The van der Waals surface area contributed by atoms with Gasteiger partial charge in [-0.15, -0.1) is 0 Å². The van der Waals surface area contributed by atoms with Gasteiger partial charge in [-0.3, -0.25) is 4.79 Å². The van der Waals surface area contributed by atoms with Crippen LogP contribution < -0.4 is 0 Å². The highest BCUT2D eigenvalue weighted by Gasteiger charge is 2.37. The first-order chi connectivity index (χ1) is 10.5. The summed E-state index contributed by atoms with van der Waals surface area (Å²) in [5.41, 5.74) is 0.650. The van der Waals surface area contributed by atoms with Crippen LogP contribution in [0.25, 0.3) is 5.65 Å². The van der Waals surface area contributed by atoms with Gasteiger partial charge in [0.05, 0.1) is 17.4 Å². The van der Waals surface area contributed by atoms with Crippen LogP contribution >= 0.6 is 0 Å². The second-order valence-corrected chi connectivity index (χ2v) is 6.16. The molecule has 2 aromatic rings. The lowest BCUT2D eigenvalue weighted by atomic mass is 9.90. The molecule has 118 valence electrons. The first-order valence-electron chi connectivity index (χ1n) is 7.56. The number of rotatable bonds is 3. The topological polar surface area (TPSA) is 78.1 Å². The normalized spacial score (nSPS) is 25.6. The maximum absolute atomic E-state index is 12.2. The number of aliphatic hydroxyl groups is 2. The van der Waals surface area contributed by atoms with Gasteiger partial charge in [-0.05, 0) is 31.9 Å². The summed E-state index contributed by atoms with van der Waals surface area (Å²) >= 11 is 0. The standard InChI is InChI=1S/C16H21N3O3/c1-16(22)7-9-19(11-13(16)20)15(21)6-5-12-10-18-8-3-2-4-14(18)17-12/h2-4,8,10,13,20,22H,5-7,9,11H2,1H3/t13-,16-/m0/s1. The van der Waals surface area contributed by atoms with E-state index in [0.29, 0.717) is 25.8 Å². The van der Waals surface area contributed by atoms with Crippen LogP contribution in [0.4, 0.5) is 0 Å². The molecule has 1 amide bonds. The second kappa shape index (κ2) is 5.70. The van der Waals surface area contributed by atoms with Crippen molar-refractivity contribution in [2.75, 3.05) is 13.1 Å². The Labute approximate surface area is 129 Å². The highest BCUT2D eigenvalue weighted by atomic mass is 16.3. The molecule has 1 aliphatic heterocycles. The molecule has 0 aromatic carbocycles. The Balaban J connectivity index is 1.58. The average Bonchev–Trinajstić information content (AvgIpc) is 2.90. The van der Waals surface area contributed by atoms with Gasteiger partial charge in [-0.25, -0.2) is 4.98 Å². The van der Waals surface area contributed by atoms with Crippen LogP contribution in [-0.2, 0) is 11.2 Å². The molecule has 0 saturated carbocycles. The quantitative estimate of drug-likeness (QED) is 0.871. The van der Waals surface area contributed by atoms with Crippen molar-refractivity contribution >= 4 is 11.6 Å². The highest BCUT2D eigenvalue weighted by Crippen LogP contribution is 2.22. The van der Waals surface area contributed by atoms with Crippen LogP contribution in [-0.4, -0.2) is 55.2 Å². The third kappa shape index (κ3) is 2.98.